The lowest BCUT2D eigenvalue weighted by Crippen LogP contribution is -2.41. The molecular weight excluding hydrogens is 292 g/mol. The highest BCUT2D eigenvalue weighted by Crippen LogP contribution is 2.14. The maximum absolute atomic E-state index is 13.5. The van der Waals surface area contributed by atoms with Crippen LogP contribution in [0, 0.1) is 11.6 Å². The smallest absolute Gasteiger partial charge is 0.315 e. The molecule has 0 unspecified atom stereocenters. The number of rotatable bonds is 5. The van der Waals surface area contributed by atoms with Gasteiger partial charge in [0, 0.05) is 18.7 Å². The lowest BCUT2D eigenvalue weighted by molar-refractivity contribution is 0.236. The van der Waals surface area contributed by atoms with E-state index in [2.05, 4.69) is 20.7 Å². The summed E-state index contributed by atoms with van der Waals surface area (Å²) in [4.78, 5) is 15.7. The van der Waals surface area contributed by atoms with Crippen LogP contribution in [0.3, 0.4) is 0 Å². The van der Waals surface area contributed by atoms with Crippen LogP contribution in [0.4, 0.5) is 13.6 Å². The van der Waals surface area contributed by atoms with Crippen molar-refractivity contribution in [3.8, 4) is 0 Å². The topological polar surface area (TPSA) is 71.8 Å². The zero-order valence-electron chi connectivity index (χ0n) is 12.3. The number of carbonyl (C=O) groups is 1. The van der Waals surface area contributed by atoms with Gasteiger partial charge in [0.25, 0.3) is 0 Å². The third-order valence-electron chi connectivity index (χ3n) is 3.16. The predicted molar refractivity (Wildman–Crippen MR) is 75.9 cm³/mol. The molecule has 0 saturated carbocycles. The second-order valence-corrected chi connectivity index (χ2v) is 4.93. The minimum absolute atomic E-state index is 0.0383. The minimum Gasteiger partial charge on any atom is -0.335 e. The molecule has 0 aliphatic rings. The van der Waals surface area contributed by atoms with Gasteiger partial charge in [0.1, 0.15) is 23.8 Å². The normalized spacial score (nSPS) is 12.0. The Labute approximate surface area is 126 Å². The highest BCUT2D eigenvalue weighted by atomic mass is 19.1. The van der Waals surface area contributed by atoms with Crippen molar-refractivity contribution in [3.63, 3.8) is 0 Å². The molecule has 1 atom stereocenters. The maximum Gasteiger partial charge on any atom is 0.315 e. The Bertz CT molecular complexity index is 638. The summed E-state index contributed by atoms with van der Waals surface area (Å²) in [6.45, 7) is 1.89. The number of nitrogens with zero attached hydrogens (tertiary/aromatic N) is 3. The summed E-state index contributed by atoms with van der Waals surface area (Å²) in [7, 11) is 1.71. The van der Waals surface area contributed by atoms with Crippen molar-refractivity contribution in [2.75, 3.05) is 0 Å². The molecule has 0 spiro atoms. The maximum atomic E-state index is 13.5. The number of amides is 2. The van der Waals surface area contributed by atoms with E-state index in [-0.39, 0.29) is 18.5 Å². The summed E-state index contributed by atoms with van der Waals surface area (Å²) >= 11 is 0. The molecule has 22 heavy (non-hydrogen) atoms. The molecule has 8 heteroatoms. The standard InChI is InChI=1S/C14H17F2N5O/c1-9(6-10-11(15)4-3-5-12(10)16)20-14(22)17-7-13-18-8-19-21(13)2/h3-5,8-9H,6-7H2,1-2H3,(H2,17,20,22)/t9-/m0/s1. The summed E-state index contributed by atoms with van der Waals surface area (Å²) in [6, 6.07) is 2.83. The van der Waals surface area contributed by atoms with Gasteiger partial charge in [-0.05, 0) is 25.5 Å². The van der Waals surface area contributed by atoms with E-state index in [1.165, 1.54) is 24.5 Å². The van der Waals surface area contributed by atoms with Crippen LogP contribution in [0.1, 0.15) is 18.3 Å². The fourth-order valence-corrected chi connectivity index (χ4v) is 2.00. The van der Waals surface area contributed by atoms with Crippen LogP contribution in [-0.2, 0) is 20.0 Å². The van der Waals surface area contributed by atoms with Crippen LogP contribution in [0.5, 0.6) is 0 Å². The van der Waals surface area contributed by atoms with Gasteiger partial charge in [-0.1, -0.05) is 6.07 Å². The van der Waals surface area contributed by atoms with Crippen LogP contribution in [0.2, 0.25) is 0 Å². The van der Waals surface area contributed by atoms with E-state index in [0.29, 0.717) is 5.82 Å². The van der Waals surface area contributed by atoms with Crippen molar-refractivity contribution in [1.29, 1.82) is 0 Å². The molecule has 2 N–H and O–H groups in total. The number of carbonyl (C=O) groups excluding carboxylic acids is 1. The van der Waals surface area contributed by atoms with Crippen molar-refractivity contribution >= 4 is 6.03 Å². The summed E-state index contributed by atoms with van der Waals surface area (Å²) in [6.07, 6.45) is 1.45. The second kappa shape index (κ2) is 6.97. The average Bonchev–Trinajstić information content (AvgIpc) is 2.86. The zero-order chi connectivity index (χ0) is 16.1. The van der Waals surface area contributed by atoms with Crippen LogP contribution >= 0.6 is 0 Å². The predicted octanol–water partition coefficient (Wildman–Crippen LogP) is 1.52. The number of hydrogen-bond acceptors (Lipinski definition) is 3. The number of aryl methyl sites for hydroxylation is 1. The Morgan fingerprint density at radius 2 is 2.05 bits per heavy atom. The number of nitrogens with one attached hydrogen (secondary N) is 2. The lowest BCUT2D eigenvalue weighted by Gasteiger charge is -2.15. The molecular formula is C14H17F2N5O. The fraction of sp³-hybridized carbons (Fsp3) is 0.357. The van der Waals surface area contributed by atoms with E-state index in [1.54, 1.807) is 18.7 Å². The molecule has 0 radical (unpaired) electrons. The fourth-order valence-electron chi connectivity index (χ4n) is 2.00. The Hall–Kier alpha value is -2.51. The van der Waals surface area contributed by atoms with Gasteiger partial charge in [-0.15, -0.1) is 0 Å². The van der Waals surface area contributed by atoms with E-state index in [0.717, 1.165) is 0 Å². The summed E-state index contributed by atoms with van der Waals surface area (Å²) in [5, 5.41) is 9.12. The number of halogens is 2. The highest BCUT2D eigenvalue weighted by molar-refractivity contribution is 5.74. The molecule has 2 rings (SSSR count). The first-order valence-electron chi connectivity index (χ1n) is 6.77. The molecule has 1 heterocycles. The van der Waals surface area contributed by atoms with Crippen molar-refractivity contribution in [3.05, 3.63) is 47.5 Å². The quantitative estimate of drug-likeness (QED) is 0.880. The van der Waals surface area contributed by atoms with Crippen LogP contribution in [0.15, 0.2) is 24.5 Å². The molecule has 0 aliphatic heterocycles. The molecule has 1 aromatic carbocycles. The van der Waals surface area contributed by atoms with E-state index < -0.39 is 23.7 Å². The Morgan fingerprint density at radius 1 is 1.36 bits per heavy atom. The molecule has 0 aliphatic carbocycles. The van der Waals surface area contributed by atoms with Crippen LogP contribution in [0.25, 0.3) is 0 Å². The zero-order valence-corrected chi connectivity index (χ0v) is 12.3. The summed E-state index contributed by atoms with van der Waals surface area (Å²) in [5.74, 6) is -0.635. The van der Waals surface area contributed by atoms with E-state index in [1.807, 2.05) is 0 Å². The monoisotopic (exact) mass is 309 g/mol. The van der Waals surface area contributed by atoms with Gasteiger partial charge in [-0.2, -0.15) is 5.10 Å². The van der Waals surface area contributed by atoms with Crippen molar-refractivity contribution in [2.45, 2.75) is 25.9 Å². The summed E-state index contributed by atoms with van der Waals surface area (Å²) in [5.41, 5.74) is -0.0383. The number of urea groups is 1. The van der Waals surface area contributed by atoms with E-state index in [4.69, 9.17) is 0 Å². The van der Waals surface area contributed by atoms with Gasteiger partial charge < -0.3 is 10.6 Å². The van der Waals surface area contributed by atoms with Crippen molar-refractivity contribution in [1.82, 2.24) is 25.4 Å². The number of hydrogen-bond donors (Lipinski definition) is 2. The molecule has 2 aromatic rings. The Kier molecular flexibility index (Phi) is 5.03. The first kappa shape index (κ1) is 15.9. The molecule has 0 saturated heterocycles. The Balaban J connectivity index is 1.85. The largest absolute Gasteiger partial charge is 0.335 e. The van der Waals surface area contributed by atoms with E-state index >= 15 is 0 Å². The molecule has 1 aromatic heterocycles. The Morgan fingerprint density at radius 3 is 2.64 bits per heavy atom. The lowest BCUT2D eigenvalue weighted by atomic mass is 10.1. The van der Waals surface area contributed by atoms with Crippen molar-refractivity contribution in [2.24, 2.45) is 7.05 Å². The minimum atomic E-state index is -0.617. The molecule has 0 fully saturated rings. The third kappa shape index (κ3) is 4.00. The molecule has 6 nitrogen and oxygen atoms in total. The SMILES string of the molecule is C[C@@H](Cc1c(F)cccc1F)NC(=O)NCc1ncnn1C. The van der Waals surface area contributed by atoms with Crippen LogP contribution < -0.4 is 10.6 Å². The van der Waals surface area contributed by atoms with Gasteiger partial charge in [0.15, 0.2) is 0 Å². The second-order valence-electron chi connectivity index (χ2n) is 4.93. The molecule has 118 valence electrons. The highest BCUT2D eigenvalue weighted by Gasteiger charge is 2.14. The van der Waals surface area contributed by atoms with Gasteiger partial charge in [0.05, 0.1) is 6.54 Å². The first-order valence-corrected chi connectivity index (χ1v) is 6.77. The third-order valence-corrected chi connectivity index (χ3v) is 3.16. The van der Waals surface area contributed by atoms with Crippen LogP contribution in [-0.4, -0.2) is 26.8 Å². The van der Waals surface area contributed by atoms with Gasteiger partial charge >= 0.3 is 6.03 Å². The average molecular weight is 309 g/mol. The van der Waals surface area contributed by atoms with Gasteiger partial charge in [-0.25, -0.2) is 18.6 Å². The van der Waals surface area contributed by atoms with Gasteiger partial charge in [0.2, 0.25) is 0 Å². The number of aromatic nitrogens is 3. The summed E-state index contributed by atoms with van der Waals surface area (Å²) < 4.78 is 28.6. The number of benzene rings is 1. The first-order chi connectivity index (χ1) is 10.5. The molecule has 0 bridgehead atoms. The van der Waals surface area contributed by atoms with Crippen molar-refractivity contribution < 1.29 is 13.6 Å². The van der Waals surface area contributed by atoms with E-state index in [9.17, 15) is 13.6 Å². The molecule has 2 amide bonds. The van der Waals surface area contributed by atoms with Gasteiger partial charge in [-0.3, -0.25) is 4.68 Å².